The number of rotatable bonds is 9. The van der Waals surface area contributed by atoms with Crippen LogP contribution >= 0.6 is 0 Å². The Bertz CT molecular complexity index is 884. The predicted octanol–water partition coefficient (Wildman–Crippen LogP) is 3.25. The third-order valence-corrected chi connectivity index (χ3v) is 5.52. The van der Waals surface area contributed by atoms with Gasteiger partial charge in [-0.2, -0.15) is 5.10 Å². The number of aryl methyl sites for hydroxylation is 2. The van der Waals surface area contributed by atoms with Gasteiger partial charge in [-0.15, -0.1) is 0 Å². The van der Waals surface area contributed by atoms with Crippen LogP contribution in [0, 0.1) is 13.8 Å². The van der Waals surface area contributed by atoms with Gasteiger partial charge in [-0.05, 0) is 70.7 Å². The van der Waals surface area contributed by atoms with E-state index in [0.717, 1.165) is 36.6 Å². The number of hydrogen-bond donors (Lipinski definition) is 3. The molecule has 2 atom stereocenters. The molecule has 1 aromatic carbocycles. The summed E-state index contributed by atoms with van der Waals surface area (Å²) < 4.78 is 1.93. The fourth-order valence-corrected chi connectivity index (χ4v) is 3.36. The molecule has 0 radical (unpaired) electrons. The average molecular weight is 427 g/mol. The Labute approximate surface area is 186 Å². The van der Waals surface area contributed by atoms with Gasteiger partial charge in [-0.25, -0.2) is 4.99 Å². The molecule has 0 saturated heterocycles. The number of nitrogens with zero attached hydrogens (tertiary/aromatic N) is 3. The lowest BCUT2D eigenvalue weighted by Gasteiger charge is -2.18. The number of aromatic nitrogens is 2. The summed E-state index contributed by atoms with van der Waals surface area (Å²) in [7, 11) is 1.98. The van der Waals surface area contributed by atoms with E-state index < -0.39 is 0 Å². The minimum Gasteiger partial charge on any atom is -0.357 e. The Balaban J connectivity index is 1.99. The number of carbonyl (C=O) groups is 1. The van der Waals surface area contributed by atoms with E-state index in [0.29, 0.717) is 12.1 Å². The van der Waals surface area contributed by atoms with E-state index in [-0.39, 0.29) is 18.0 Å². The van der Waals surface area contributed by atoms with Crippen molar-refractivity contribution in [1.29, 1.82) is 0 Å². The maximum Gasteiger partial charge on any atom is 0.251 e. The summed E-state index contributed by atoms with van der Waals surface area (Å²) in [5.41, 5.74) is 5.29. The first kappa shape index (κ1) is 24.4. The van der Waals surface area contributed by atoms with Gasteiger partial charge in [0.05, 0.1) is 12.2 Å². The second kappa shape index (κ2) is 11.5. The van der Waals surface area contributed by atoms with Crippen molar-refractivity contribution in [3.8, 4) is 0 Å². The van der Waals surface area contributed by atoms with Crippen LogP contribution in [0.15, 0.2) is 29.3 Å². The molecular formula is C24H38N6O. The number of carbonyl (C=O) groups excluding carboxylic acids is 1. The highest BCUT2D eigenvalue weighted by Gasteiger charge is 2.14. The van der Waals surface area contributed by atoms with Gasteiger partial charge in [0, 0.05) is 36.9 Å². The lowest BCUT2D eigenvalue weighted by Crippen LogP contribution is -2.43. The van der Waals surface area contributed by atoms with Crippen molar-refractivity contribution in [3.05, 3.63) is 52.3 Å². The first-order valence-corrected chi connectivity index (χ1v) is 11.2. The van der Waals surface area contributed by atoms with Gasteiger partial charge < -0.3 is 16.0 Å². The van der Waals surface area contributed by atoms with Crippen LogP contribution in [-0.2, 0) is 20.0 Å². The highest BCUT2D eigenvalue weighted by molar-refractivity contribution is 5.94. The first-order valence-electron chi connectivity index (χ1n) is 11.2. The largest absolute Gasteiger partial charge is 0.357 e. The van der Waals surface area contributed by atoms with Crippen LogP contribution in [0.1, 0.15) is 67.0 Å². The summed E-state index contributed by atoms with van der Waals surface area (Å²) in [5.74, 6) is 0.752. The van der Waals surface area contributed by atoms with E-state index in [2.05, 4.69) is 55.7 Å². The normalized spacial score (nSPS) is 13.6. The van der Waals surface area contributed by atoms with Gasteiger partial charge in [0.2, 0.25) is 0 Å². The Kier molecular flexibility index (Phi) is 9.09. The van der Waals surface area contributed by atoms with E-state index in [9.17, 15) is 4.79 Å². The number of nitrogens with one attached hydrogen (secondary N) is 3. The Morgan fingerprint density at radius 2 is 1.77 bits per heavy atom. The van der Waals surface area contributed by atoms with Gasteiger partial charge in [-0.1, -0.05) is 19.1 Å². The second-order valence-corrected chi connectivity index (χ2v) is 8.20. The SMILES string of the molecule is CCNC(=NCc1ccc(C(=O)NC(C)CC)cc1)NC(C)Cc1c(C)nn(C)c1C. The zero-order chi connectivity index (χ0) is 23.0. The molecule has 7 heteroatoms. The molecular weight excluding hydrogens is 388 g/mol. The topological polar surface area (TPSA) is 83.3 Å². The highest BCUT2D eigenvalue weighted by Crippen LogP contribution is 2.14. The van der Waals surface area contributed by atoms with Crippen molar-refractivity contribution >= 4 is 11.9 Å². The molecule has 2 rings (SSSR count). The molecule has 2 aromatic rings. The molecule has 0 aliphatic carbocycles. The third-order valence-electron chi connectivity index (χ3n) is 5.52. The van der Waals surface area contributed by atoms with Crippen LogP contribution in [0.3, 0.4) is 0 Å². The maximum absolute atomic E-state index is 12.2. The van der Waals surface area contributed by atoms with Crippen molar-refractivity contribution in [2.45, 2.75) is 73.0 Å². The predicted molar refractivity (Wildman–Crippen MR) is 127 cm³/mol. The van der Waals surface area contributed by atoms with Crippen LogP contribution in [0.5, 0.6) is 0 Å². The van der Waals surface area contributed by atoms with Crippen LogP contribution in [0.4, 0.5) is 0 Å². The van der Waals surface area contributed by atoms with E-state index in [1.165, 1.54) is 11.3 Å². The molecule has 1 heterocycles. The smallest absolute Gasteiger partial charge is 0.251 e. The lowest BCUT2D eigenvalue weighted by atomic mass is 10.1. The monoisotopic (exact) mass is 426 g/mol. The molecule has 0 saturated carbocycles. The average Bonchev–Trinajstić information content (AvgIpc) is 2.98. The summed E-state index contributed by atoms with van der Waals surface area (Å²) >= 11 is 0. The Hall–Kier alpha value is -2.83. The minimum atomic E-state index is -0.0331. The van der Waals surface area contributed by atoms with E-state index in [4.69, 9.17) is 4.99 Å². The number of benzene rings is 1. The molecule has 0 spiro atoms. The van der Waals surface area contributed by atoms with E-state index >= 15 is 0 Å². The molecule has 3 N–H and O–H groups in total. The number of amides is 1. The van der Waals surface area contributed by atoms with Gasteiger partial charge in [0.25, 0.3) is 5.91 Å². The summed E-state index contributed by atoms with van der Waals surface area (Å²) in [6, 6.07) is 8.03. The van der Waals surface area contributed by atoms with Gasteiger partial charge in [-0.3, -0.25) is 9.48 Å². The van der Waals surface area contributed by atoms with Crippen LogP contribution in [0.2, 0.25) is 0 Å². The molecule has 0 fully saturated rings. The first-order chi connectivity index (χ1) is 14.7. The van der Waals surface area contributed by atoms with Crippen molar-refractivity contribution in [1.82, 2.24) is 25.7 Å². The second-order valence-electron chi connectivity index (χ2n) is 8.20. The lowest BCUT2D eigenvalue weighted by molar-refractivity contribution is 0.0939. The number of aliphatic imine (C=N–C) groups is 1. The Morgan fingerprint density at radius 1 is 1.10 bits per heavy atom. The maximum atomic E-state index is 12.2. The molecule has 2 unspecified atom stereocenters. The van der Waals surface area contributed by atoms with Crippen LogP contribution in [0.25, 0.3) is 0 Å². The molecule has 0 aliphatic heterocycles. The van der Waals surface area contributed by atoms with Crippen molar-refractivity contribution in [2.24, 2.45) is 12.0 Å². The van der Waals surface area contributed by atoms with Gasteiger partial charge >= 0.3 is 0 Å². The summed E-state index contributed by atoms with van der Waals surface area (Å²) in [4.78, 5) is 17.0. The summed E-state index contributed by atoms with van der Waals surface area (Å²) in [6.45, 7) is 13.8. The quantitative estimate of drug-likeness (QED) is 0.425. The summed E-state index contributed by atoms with van der Waals surface area (Å²) in [5, 5.41) is 14.3. The zero-order valence-corrected chi connectivity index (χ0v) is 20.0. The molecule has 7 nitrogen and oxygen atoms in total. The molecule has 1 amide bonds. The minimum absolute atomic E-state index is 0.0331. The van der Waals surface area contributed by atoms with E-state index in [1.807, 2.05) is 42.9 Å². The Morgan fingerprint density at radius 3 is 2.32 bits per heavy atom. The summed E-state index contributed by atoms with van der Waals surface area (Å²) in [6.07, 6.45) is 1.80. The van der Waals surface area contributed by atoms with E-state index in [1.54, 1.807) is 0 Å². The fraction of sp³-hybridized carbons (Fsp3) is 0.542. The third kappa shape index (κ3) is 7.12. The zero-order valence-electron chi connectivity index (χ0n) is 20.0. The fourth-order valence-electron chi connectivity index (χ4n) is 3.36. The molecule has 170 valence electrons. The van der Waals surface area contributed by atoms with Crippen molar-refractivity contribution < 1.29 is 4.79 Å². The number of guanidine groups is 1. The molecule has 31 heavy (non-hydrogen) atoms. The van der Waals surface area contributed by atoms with Crippen LogP contribution < -0.4 is 16.0 Å². The van der Waals surface area contributed by atoms with Crippen LogP contribution in [-0.4, -0.2) is 40.3 Å². The molecule has 0 aliphatic rings. The number of hydrogen-bond acceptors (Lipinski definition) is 3. The van der Waals surface area contributed by atoms with Gasteiger partial charge in [0.1, 0.15) is 0 Å². The molecule has 1 aromatic heterocycles. The standard InChI is InChI=1S/C24H38N6O/c1-8-16(3)27-23(31)21-12-10-20(11-13-21)15-26-24(25-9-2)28-17(4)14-22-18(5)29-30(7)19(22)6/h10-13,16-17H,8-9,14-15H2,1-7H3,(H,27,31)(H2,25,26,28). The van der Waals surface area contributed by atoms with Crippen molar-refractivity contribution in [3.63, 3.8) is 0 Å². The van der Waals surface area contributed by atoms with Crippen molar-refractivity contribution in [2.75, 3.05) is 6.54 Å². The highest BCUT2D eigenvalue weighted by atomic mass is 16.1. The molecule has 0 bridgehead atoms. The van der Waals surface area contributed by atoms with Gasteiger partial charge in [0.15, 0.2) is 5.96 Å².